The molecule has 0 heterocycles. The van der Waals surface area contributed by atoms with Crippen molar-refractivity contribution in [1.82, 2.24) is 0 Å². The molecular formula is C27H48O12Si. The van der Waals surface area contributed by atoms with E-state index in [4.69, 9.17) is 23.1 Å². The monoisotopic (exact) mass is 592 g/mol. The molecule has 0 aliphatic carbocycles. The molecule has 0 rings (SSSR count). The first-order chi connectivity index (χ1) is 18.8. The van der Waals surface area contributed by atoms with Crippen LogP contribution in [0.4, 0.5) is 0 Å². The number of hydrogen-bond acceptors (Lipinski definition) is 12. The van der Waals surface area contributed by atoms with Crippen LogP contribution in [0.5, 0.6) is 0 Å². The maximum absolute atomic E-state index is 11.1. The normalized spacial score (nSPS) is 9.40. The molecule has 12 nitrogen and oxygen atoms in total. The fourth-order valence-electron chi connectivity index (χ4n) is 1.89. The maximum Gasteiger partial charge on any atom is 0.500 e. The zero-order chi connectivity index (χ0) is 32.0. The summed E-state index contributed by atoms with van der Waals surface area (Å²) in [6.07, 6.45) is 4.84. The molecule has 0 aliphatic heterocycles. The average molecular weight is 593 g/mol. The Labute approximate surface area is 239 Å². The van der Waals surface area contributed by atoms with Gasteiger partial charge in [0.2, 0.25) is 0 Å². The molecule has 0 saturated heterocycles. The Hall–Kier alpha value is -3.10. The third-order valence-electron chi connectivity index (χ3n) is 4.09. The number of rotatable bonds is 16. The van der Waals surface area contributed by atoms with Gasteiger partial charge in [-0.2, -0.15) is 0 Å². The van der Waals surface area contributed by atoms with Gasteiger partial charge in [0.15, 0.2) is 0 Å². The SMILES string of the molecule is C=C(C)C(=O)OC.C=C(C)C(=O)OCCC[Si](OC)(OC)OC.C=CC(=O)OCCCC.C=CC(=O)OCCO. The van der Waals surface area contributed by atoms with E-state index >= 15 is 0 Å². The molecule has 0 amide bonds. The topological polar surface area (TPSA) is 153 Å². The summed E-state index contributed by atoms with van der Waals surface area (Å²) < 4.78 is 33.9. The average Bonchev–Trinajstić information content (AvgIpc) is 2.96. The summed E-state index contributed by atoms with van der Waals surface area (Å²) in [6, 6.07) is 0.611. The third kappa shape index (κ3) is 29.5. The molecule has 0 radical (unpaired) electrons. The van der Waals surface area contributed by atoms with Crippen LogP contribution < -0.4 is 0 Å². The Balaban J connectivity index is -0.000000231. The summed E-state index contributed by atoms with van der Waals surface area (Å²) in [7, 11) is 3.46. The summed E-state index contributed by atoms with van der Waals surface area (Å²) in [6.45, 7) is 19.3. The number of carbonyl (C=O) groups excluding carboxylic acids is 4. The molecule has 0 bridgehead atoms. The van der Waals surface area contributed by atoms with E-state index in [0.717, 1.165) is 18.9 Å². The van der Waals surface area contributed by atoms with Crippen molar-refractivity contribution >= 4 is 32.7 Å². The van der Waals surface area contributed by atoms with E-state index in [-0.39, 0.29) is 31.1 Å². The minimum atomic E-state index is -2.53. The van der Waals surface area contributed by atoms with E-state index in [2.05, 4.69) is 40.5 Å². The Bertz CT molecular complexity index is 752. The predicted molar refractivity (Wildman–Crippen MR) is 153 cm³/mol. The van der Waals surface area contributed by atoms with Crippen LogP contribution >= 0.6 is 0 Å². The van der Waals surface area contributed by atoms with Crippen molar-refractivity contribution < 1.29 is 56.5 Å². The second-order valence-corrected chi connectivity index (χ2v) is 10.5. The van der Waals surface area contributed by atoms with Gasteiger partial charge in [0.05, 0.1) is 26.9 Å². The molecule has 0 saturated carbocycles. The molecule has 1 N–H and O–H groups in total. The van der Waals surface area contributed by atoms with Gasteiger partial charge in [-0.25, -0.2) is 19.2 Å². The van der Waals surface area contributed by atoms with Gasteiger partial charge in [0, 0.05) is 50.7 Å². The minimum Gasteiger partial charge on any atom is -0.466 e. The van der Waals surface area contributed by atoms with Gasteiger partial charge in [-0.05, 0) is 26.7 Å². The molecule has 13 heteroatoms. The van der Waals surface area contributed by atoms with E-state index in [0.29, 0.717) is 36.8 Å². The summed E-state index contributed by atoms with van der Waals surface area (Å²) in [5.74, 6) is -1.55. The molecule has 0 aromatic heterocycles. The van der Waals surface area contributed by atoms with E-state index in [1.165, 1.54) is 13.2 Å². The first kappa shape index (κ1) is 43.9. The lowest BCUT2D eigenvalue weighted by Crippen LogP contribution is -2.42. The highest BCUT2D eigenvalue weighted by molar-refractivity contribution is 6.60. The lowest BCUT2D eigenvalue weighted by atomic mass is 10.4. The summed E-state index contributed by atoms with van der Waals surface area (Å²) in [5.41, 5.74) is 0.830. The molecule has 0 aromatic carbocycles. The number of unbranched alkanes of at least 4 members (excludes halogenated alkanes) is 1. The number of ether oxygens (including phenoxy) is 4. The number of methoxy groups -OCH3 is 1. The largest absolute Gasteiger partial charge is 0.500 e. The molecule has 0 aliphatic rings. The van der Waals surface area contributed by atoms with Gasteiger partial charge in [-0.3, -0.25) is 0 Å². The van der Waals surface area contributed by atoms with Crippen LogP contribution in [0, 0.1) is 0 Å². The van der Waals surface area contributed by atoms with Crippen molar-refractivity contribution in [3.05, 3.63) is 49.6 Å². The highest BCUT2D eigenvalue weighted by Crippen LogP contribution is 2.14. The fourth-order valence-corrected chi connectivity index (χ4v) is 3.58. The van der Waals surface area contributed by atoms with Crippen molar-refractivity contribution in [3.8, 4) is 0 Å². The molecule has 0 unspecified atom stereocenters. The van der Waals surface area contributed by atoms with Gasteiger partial charge < -0.3 is 37.3 Å². The van der Waals surface area contributed by atoms with Crippen molar-refractivity contribution in [2.45, 2.75) is 46.1 Å². The molecular weight excluding hydrogens is 544 g/mol. The Morgan fingerprint density at radius 3 is 1.45 bits per heavy atom. The number of carbonyl (C=O) groups is 4. The highest BCUT2D eigenvalue weighted by Gasteiger charge is 2.36. The summed E-state index contributed by atoms with van der Waals surface area (Å²) in [5, 5.41) is 8.10. The second kappa shape index (κ2) is 30.4. The van der Waals surface area contributed by atoms with E-state index in [9.17, 15) is 19.2 Å². The number of aliphatic hydroxyl groups excluding tert-OH is 1. The van der Waals surface area contributed by atoms with Gasteiger partial charge in [-0.1, -0.05) is 39.7 Å². The first-order valence-corrected chi connectivity index (χ1v) is 14.2. The van der Waals surface area contributed by atoms with Gasteiger partial charge in [0.25, 0.3) is 0 Å². The van der Waals surface area contributed by atoms with Crippen molar-refractivity contribution in [3.63, 3.8) is 0 Å². The minimum absolute atomic E-state index is 0.0465. The fraction of sp³-hybridized carbons (Fsp3) is 0.556. The molecule has 232 valence electrons. The summed E-state index contributed by atoms with van der Waals surface area (Å²) in [4.78, 5) is 41.7. The molecule has 0 atom stereocenters. The van der Waals surface area contributed by atoms with Crippen LogP contribution in [-0.2, 0) is 51.4 Å². The van der Waals surface area contributed by atoms with Crippen LogP contribution in [-0.4, -0.2) is 92.7 Å². The van der Waals surface area contributed by atoms with Crippen molar-refractivity contribution in [2.75, 3.05) is 54.9 Å². The summed E-state index contributed by atoms with van der Waals surface area (Å²) >= 11 is 0. The number of hydrogen-bond donors (Lipinski definition) is 1. The maximum atomic E-state index is 11.1. The Morgan fingerprint density at radius 1 is 0.725 bits per heavy atom. The predicted octanol–water partition coefficient (Wildman–Crippen LogP) is 3.33. The highest BCUT2D eigenvalue weighted by atomic mass is 28.4. The molecule has 40 heavy (non-hydrogen) atoms. The van der Waals surface area contributed by atoms with Crippen LogP contribution in [0.2, 0.25) is 6.04 Å². The third-order valence-corrected chi connectivity index (χ3v) is 6.92. The van der Waals surface area contributed by atoms with Gasteiger partial charge >= 0.3 is 32.7 Å². The lowest BCUT2D eigenvalue weighted by Gasteiger charge is -2.24. The standard InChI is InChI=1S/C10H20O5Si.C7H12O2.C5H8O3.C5H8O2/c1-9(2)10(11)15-7-6-8-16(12-3,13-4)14-5;1-3-5-6-9-7(8)4-2;1-2-5(7)8-4-3-6;1-4(2)5(6)7-3/h1,6-8H2,2-5H3;4H,2-3,5-6H2,1H3;2,6H,1,3-4H2;1H2,2-3H3. The van der Waals surface area contributed by atoms with Crippen LogP contribution in [0.1, 0.15) is 40.0 Å². The quantitative estimate of drug-likeness (QED) is 0.0919. The zero-order valence-corrected chi connectivity index (χ0v) is 26.1. The lowest BCUT2D eigenvalue weighted by molar-refractivity contribution is -0.139. The molecule has 0 fully saturated rings. The smallest absolute Gasteiger partial charge is 0.466 e. The van der Waals surface area contributed by atoms with Gasteiger partial charge in [0.1, 0.15) is 6.61 Å². The molecule has 0 aromatic rings. The Kier molecular flexibility index (Phi) is 33.4. The molecule has 0 spiro atoms. The van der Waals surface area contributed by atoms with E-state index in [1.807, 2.05) is 6.92 Å². The van der Waals surface area contributed by atoms with Crippen molar-refractivity contribution in [1.29, 1.82) is 0 Å². The van der Waals surface area contributed by atoms with Crippen molar-refractivity contribution in [2.24, 2.45) is 0 Å². The van der Waals surface area contributed by atoms with Crippen LogP contribution in [0.15, 0.2) is 49.6 Å². The second-order valence-electron chi connectivity index (χ2n) is 7.41. The van der Waals surface area contributed by atoms with Crippen LogP contribution in [0.3, 0.4) is 0 Å². The zero-order valence-electron chi connectivity index (χ0n) is 25.1. The first-order valence-electron chi connectivity index (χ1n) is 12.2. The van der Waals surface area contributed by atoms with E-state index < -0.39 is 14.8 Å². The van der Waals surface area contributed by atoms with Crippen LogP contribution in [0.25, 0.3) is 0 Å². The Morgan fingerprint density at radius 2 is 1.15 bits per heavy atom. The van der Waals surface area contributed by atoms with Gasteiger partial charge in [-0.15, -0.1) is 0 Å². The van der Waals surface area contributed by atoms with E-state index in [1.54, 1.807) is 35.2 Å². The number of esters is 4. The number of aliphatic hydroxyl groups is 1.